The fourth-order valence-electron chi connectivity index (χ4n) is 3.98. The molecule has 3 aromatic carbocycles. The van der Waals surface area contributed by atoms with Gasteiger partial charge in [-0.3, -0.25) is 4.79 Å². The topological polar surface area (TPSA) is 61.8 Å². The summed E-state index contributed by atoms with van der Waals surface area (Å²) in [6.07, 6.45) is 0. The molecule has 0 fully saturated rings. The van der Waals surface area contributed by atoms with E-state index in [1.165, 1.54) is 0 Å². The van der Waals surface area contributed by atoms with Crippen LogP contribution in [0.1, 0.15) is 32.6 Å². The highest BCUT2D eigenvalue weighted by molar-refractivity contribution is 5.98. The number of carbonyl (C=O) groups is 2. The number of para-hydroxylation sites is 2. The predicted octanol–water partition coefficient (Wildman–Crippen LogP) is 3.93. The molecule has 0 saturated heterocycles. The molecule has 2 heterocycles. The number of hydrogen-bond acceptors (Lipinski definition) is 5. The van der Waals surface area contributed by atoms with E-state index in [4.69, 9.17) is 14.2 Å². The van der Waals surface area contributed by atoms with Gasteiger partial charge in [-0.25, -0.2) is 4.79 Å². The van der Waals surface area contributed by atoms with Gasteiger partial charge in [0.2, 0.25) is 0 Å². The normalized spacial score (nSPS) is 15.2. The fourth-order valence-corrected chi connectivity index (χ4v) is 3.98. The van der Waals surface area contributed by atoms with Gasteiger partial charge in [-0.05, 0) is 12.1 Å². The lowest BCUT2D eigenvalue weighted by atomic mass is 9.77. The monoisotopic (exact) mass is 358 g/mol. The number of rotatable bonds is 3. The van der Waals surface area contributed by atoms with Gasteiger partial charge >= 0.3 is 5.97 Å². The standard InChI is InChI=1S/C22H14O5/c23-13-25-12-14-6-5-9-17-20(14)21(24)27-22(17)15-7-1-3-10-18(15)26-19-11-4-2-8-16(19)22/h1-11,13H,12H2. The molecule has 0 radical (unpaired) electrons. The summed E-state index contributed by atoms with van der Waals surface area (Å²) in [5.41, 5.74) is 2.22. The van der Waals surface area contributed by atoms with Gasteiger partial charge in [-0.2, -0.15) is 0 Å². The molecule has 0 bridgehead atoms. The van der Waals surface area contributed by atoms with Crippen molar-refractivity contribution >= 4 is 12.4 Å². The third kappa shape index (κ3) is 2.05. The molecule has 5 rings (SSSR count). The minimum absolute atomic E-state index is 0.0116. The Morgan fingerprint density at radius 3 is 2.15 bits per heavy atom. The molecule has 0 saturated carbocycles. The first-order valence-corrected chi connectivity index (χ1v) is 8.53. The number of carbonyl (C=O) groups excluding carboxylic acids is 2. The average Bonchev–Trinajstić information content (AvgIpc) is 3.01. The molecule has 0 unspecified atom stereocenters. The van der Waals surface area contributed by atoms with E-state index in [0.29, 0.717) is 29.1 Å². The number of hydrogen-bond donors (Lipinski definition) is 0. The summed E-state index contributed by atoms with van der Waals surface area (Å²) in [5.74, 6) is 0.847. The minimum Gasteiger partial charge on any atom is -0.463 e. The molecule has 5 heteroatoms. The van der Waals surface area contributed by atoms with Gasteiger partial charge in [0.1, 0.15) is 18.1 Å². The summed E-state index contributed by atoms with van der Waals surface area (Å²) in [6, 6.07) is 20.6. The number of esters is 1. The maximum Gasteiger partial charge on any atom is 0.340 e. The first-order valence-electron chi connectivity index (χ1n) is 8.53. The van der Waals surface area contributed by atoms with Crippen LogP contribution in [0, 0.1) is 0 Å². The molecule has 132 valence electrons. The smallest absolute Gasteiger partial charge is 0.340 e. The fraction of sp³-hybridized carbons (Fsp3) is 0.0909. The highest BCUT2D eigenvalue weighted by Crippen LogP contribution is 2.56. The maximum absolute atomic E-state index is 12.9. The van der Waals surface area contributed by atoms with Crippen LogP contribution < -0.4 is 4.74 Å². The quantitative estimate of drug-likeness (QED) is 0.524. The second kappa shape index (κ2) is 5.71. The molecule has 5 nitrogen and oxygen atoms in total. The van der Waals surface area contributed by atoms with Crippen LogP contribution in [0.25, 0.3) is 0 Å². The van der Waals surface area contributed by atoms with Gasteiger partial charge in [0.05, 0.1) is 5.56 Å². The second-order valence-corrected chi connectivity index (χ2v) is 6.41. The molecule has 0 aromatic heterocycles. The SMILES string of the molecule is O=COCc1cccc2c1C(=O)OC21c2ccccc2Oc2ccccc21. The van der Waals surface area contributed by atoms with Crippen molar-refractivity contribution in [2.24, 2.45) is 0 Å². The summed E-state index contributed by atoms with van der Waals surface area (Å²) in [4.78, 5) is 23.6. The van der Waals surface area contributed by atoms with Gasteiger partial charge in [0, 0.05) is 22.3 Å². The molecule has 0 atom stereocenters. The van der Waals surface area contributed by atoms with Crippen molar-refractivity contribution < 1.29 is 23.8 Å². The van der Waals surface area contributed by atoms with Crippen molar-refractivity contribution in [2.45, 2.75) is 12.2 Å². The van der Waals surface area contributed by atoms with E-state index in [-0.39, 0.29) is 6.61 Å². The lowest BCUT2D eigenvalue weighted by Gasteiger charge is -2.36. The van der Waals surface area contributed by atoms with Crippen molar-refractivity contribution in [1.82, 2.24) is 0 Å². The highest BCUT2D eigenvalue weighted by atomic mass is 16.6. The molecule has 2 aliphatic rings. The Morgan fingerprint density at radius 1 is 0.852 bits per heavy atom. The van der Waals surface area contributed by atoms with E-state index >= 15 is 0 Å². The van der Waals surface area contributed by atoms with Gasteiger partial charge in [-0.1, -0.05) is 54.6 Å². The molecule has 0 aliphatic carbocycles. The molecule has 0 N–H and O–H groups in total. The zero-order valence-electron chi connectivity index (χ0n) is 14.2. The maximum atomic E-state index is 12.9. The number of ether oxygens (including phenoxy) is 3. The summed E-state index contributed by atoms with van der Waals surface area (Å²) in [6.45, 7) is 0.381. The first kappa shape index (κ1) is 15.6. The molecular formula is C22H14O5. The zero-order chi connectivity index (χ0) is 18.4. The zero-order valence-corrected chi connectivity index (χ0v) is 14.2. The van der Waals surface area contributed by atoms with Crippen molar-refractivity contribution in [3.63, 3.8) is 0 Å². The molecule has 27 heavy (non-hydrogen) atoms. The Balaban J connectivity index is 1.83. The van der Waals surface area contributed by atoms with Crippen LogP contribution in [0.4, 0.5) is 0 Å². The number of benzene rings is 3. The van der Waals surface area contributed by atoms with Crippen LogP contribution in [0.5, 0.6) is 11.5 Å². The lowest BCUT2D eigenvalue weighted by molar-refractivity contribution is -0.129. The van der Waals surface area contributed by atoms with Gasteiger partial charge < -0.3 is 14.2 Å². The Kier molecular flexibility index (Phi) is 3.31. The molecule has 3 aromatic rings. The number of fused-ring (bicyclic) bond motifs is 6. The van der Waals surface area contributed by atoms with Crippen molar-refractivity contribution in [2.75, 3.05) is 0 Å². The van der Waals surface area contributed by atoms with Gasteiger partial charge in [-0.15, -0.1) is 0 Å². The molecular weight excluding hydrogens is 344 g/mol. The average molecular weight is 358 g/mol. The lowest BCUT2D eigenvalue weighted by Crippen LogP contribution is -2.32. The molecule has 2 aliphatic heterocycles. The van der Waals surface area contributed by atoms with Crippen LogP contribution in [0.3, 0.4) is 0 Å². The Hall–Kier alpha value is -3.60. The van der Waals surface area contributed by atoms with E-state index < -0.39 is 11.6 Å². The Morgan fingerprint density at radius 2 is 1.48 bits per heavy atom. The van der Waals surface area contributed by atoms with Crippen molar-refractivity contribution in [3.8, 4) is 11.5 Å². The van der Waals surface area contributed by atoms with Crippen molar-refractivity contribution in [3.05, 3.63) is 94.5 Å². The summed E-state index contributed by atoms with van der Waals surface area (Å²) >= 11 is 0. The summed E-state index contributed by atoms with van der Waals surface area (Å²) < 4.78 is 17.0. The third-order valence-electron chi connectivity index (χ3n) is 5.04. The van der Waals surface area contributed by atoms with E-state index in [1.807, 2.05) is 60.7 Å². The van der Waals surface area contributed by atoms with Crippen LogP contribution in [-0.4, -0.2) is 12.4 Å². The highest BCUT2D eigenvalue weighted by Gasteiger charge is 2.53. The van der Waals surface area contributed by atoms with E-state index in [0.717, 1.165) is 16.7 Å². The Labute approximate surface area is 155 Å². The van der Waals surface area contributed by atoms with E-state index in [9.17, 15) is 9.59 Å². The molecule has 1 spiro atoms. The Bertz CT molecular complexity index is 1040. The van der Waals surface area contributed by atoms with E-state index in [2.05, 4.69) is 0 Å². The van der Waals surface area contributed by atoms with Gasteiger partial charge in [0.15, 0.2) is 5.60 Å². The van der Waals surface area contributed by atoms with Crippen molar-refractivity contribution in [1.29, 1.82) is 0 Å². The first-order chi connectivity index (χ1) is 13.3. The summed E-state index contributed by atoms with van der Waals surface area (Å²) in [7, 11) is 0. The summed E-state index contributed by atoms with van der Waals surface area (Å²) in [5, 5.41) is 0. The van der Waals surface area contributed by atoms with Crippen LogP contribution in [0.15, 0.2) is 66.7 Å². The van der Waals surface area contributed by atoms with Crippen LogP contribution >= 0.6 is 0 Å². The minimum atomic E-state index is -1.09. The van der Waals surface area contributed by atoms with Crippen LogP contribution in [0.2, 0.25) is 0 Å². The van der Waals surface area contributed by atoms with Gasteiger partial charge in [0.25, 0.3) is 6.47 Å². The molecule has 0 amide bonds. The van der Waals surface area contributed by atoms with Crippen LogP contribution in [-0.2, 0) is 26.5 Å². The van der Waals surface area contributed by atoms with E-state index in [1.54, 1.807) is 6.07 Å². The largest absolute Gasteiger partial charge is 0.463 e. The third-order valence-corrected chi connectivity index (χ3v) is 5.04. The predicted molar refractivity (Wildman–Crippen MR) is 95.6 cm³/mol. The second-order valence-electron chi connectivity index (χ2n) is 6.41.